The van der Waals surface area contributed by atoms with Crippen molar-refractivity contribution in [3.05, 3.63) is 23.8 Å². The number of carboxylic acids is 1. The van der Waals surface area contributed by atoms with Gasteiger partial charge < -0.3 is 5.11 Å². The lowest BCUT2D eigenvalue weighted by Gasteiger charge is -2.30. The molecule has 0 fully saturated rings. The quantitative estimate of drug-likeness (QED) is 0.821. The standard InChI is InChI=1S/C12H10N2O3S/c1-7-11(15)14(5-4-13)9-6-8(12(16)17)2-3-10(9)18-7/h2-3,6-7H,5H2,1H3,(H,16,17). The van der Waals surface area contributed by atoms with Crippen molar-refractivity contribution in [3.8, 4) is 6.07 Å². The molecular weight excluding hydrogens is 252 g/mol. The third-order valence-electron chi connectivity index (χ3n) is 2.64. The highest BCUT2D eigenvalue weighted by Crippen LogP contribution is 2.39. The summed E-state index contributed by atoms with van der Waals surface area (Å²) in [7, 11) is 0. The molecule has 0 spiro atoms. The number of nitrogens with zero attached hydrogens (tertiary/aromatic N) is 2. The van der Waals surface area contributed by atoms with Crippen LogP contribution in [0.5, 0.6) is 0 Å². The molecule has 6 heteroatoms. The number of carboxylic acid groups (broad SMARTS) is 1. The van der Waals surface area contributed by atoms with Crippen LogP contribution < -0.4 is 4.90 Å². The number of rotatable bonds is 2. The van der Waals surface area contributed by atoms with Crippen LogP contribution in [0.3, 0.4) is 0 Å². The third-order valence-corrected chi connectivity index (χ3v) is 3.80. The minimum absolute atomic E-state index is 0.0696. The van der Waals surface area contributed by atoms with Gasteiger partial charge in [-0.3, -0.25) is 9.69 Å². The van der Waals surface area contributed by atoms with Crippen LogP contribution in [0.2, 0.25) is 0 Å². The van der Waals surface area contributed by atoms with Gasteiger partial charge in [0.1, 0.15) is 6.54 Å². The summed E-state index contributed by atoms with van der Waals surface area (Å²) in [6, 6.07) is 6.54. The van der Waals surface area contributed by atoms with Gasteiger partial charge in [-0.15, -0.1) is 11.8 Å². The average Bonchev–Trinajstić information content (AvgIpc) is 2.34. The molecule has 1 aliphatic rings. The zero-order valence-corrected chi connectivity index (χ0v) is 10.4. The van der Waals surface area contributed by atoms with Crippen LogP contribution in [0.1, 0.15) is 17.3 Å². The molecule has 0 aliphatic carbocycles. The minimum atomic E-state index is -1.05. The Hall–Kier alpha value is -2.00. The highest BCUT2D eigenvalue weighted by Gasteiger charge is 2.31. The van der Waals surface area contributed by atoms with E-state index in [0.29, 0.717) is 5.69 Å². The summed E-state index contributed by atoms with van der Waals surface area (Å²) in [5.41, 5.74) is 0.615. The van der Waals surface area contributed by atoms with E-state index in [9.17, 15) is 9.59 Å². The van der Waals surface area contributed by atoms with Crippen LogP contribution in [-0.4, -0.2) is 28.8 Å². The number of thioether (sulfide) groups is 1. The average molecular weight is 262 g/mol. The van der Waals surface area contributed by atoms with Crippen molar-refractivity contribution in [2.45, 2.75) is 17.1 Å². The Kier molecular flexibility index (Phi) is 3.26. The number of aromatic carboxylic acids is 1. The molecule has 1 amide bonds. The molecule has 0 saturated carbocycles. The Morgan fingerprint density at radius 3 is 2.94 bits per heavy atom. The first-order valence-electron chi connectivity index (χ1n) is 5.27. The maximum absolute atomic E-state index is 12.0. The number of benzene rings is 1. The Morgan fingerprint density at radius 1 is 1.61 bits per heavy atom. The van der Waals surface area contributed by atoms with Crippen molar-refractivity contribution in [2.75, 3.05) is 11.4 Å². The summed E-state index contributed by atoms with van der Waals surface area (Å²) in [6.45, 7) is 1.70. The number of carbonyl (C=O) groups excluding carboxylic acids is 1. The van der Waals surface area contributed by atoms with E-state index in [2.05, 4.69) is 0 Å². The lowest BCUT2D eigenvalue weighted by Crippen LogP contribution is -2.40. The molecule has 92 valence electrons. The number of carbonyl (C=O) groups is 2. The van der Waals surface area contributed by atoms with Crippen LogP contribution in [0.4, 0.5) is 5.69 Å². The van der Waals surface area contributed by atoms with Crippen molar-refractivity contribution >= 4 is 29.3 Å². The van der Waals surface area contributed by atoms with Crippen molar-refractivity contribution in [3.63, 3.8) is 0 Å². The first-order valence-corrected chi connectivity index (χ1v) is 6.15. The zero-order valence-electron chi connectivity index (χ0n) is 9.58. The van der Waals surface area contributed by atoms with Crippen molar-refractivity contribution in [1.29, 1.82) is 5.26 Å². The van der Waals surface area contributed by atoms with Gasteiger partial charge in [-0.2, -0.15) is 5.26 Å². The van der Waals surface area contributed by atoms with E-state index >= 15 is 0 Å². The maximum atomic E-state index is 12.0. The molecule has 5 nitrogen and oxygen atoms in total. The zero-order chi connectivity index (χ0) is 13.3. The van der Waals surface area contributed by atoms with E-state index in [4.69, 9.17) is 10.4 Å². The van der Waals surface area contributed by atoms with Crippen LogP contribution in [-0.2, 0) is 4.79 Å². The fourth-order valence-corrected chi connectivity index (χ4v) is 2.82. The first kappa shape index (κ1) is 12.5. The van der Waals surface area contributed by atoms with Gasteiger partial charge in [0.05, 0.1) is 22.6 Å². The molecular formula is C12H10N2O3S. The molecule has 18 heavy (non-hydrogen) atoms. The third kappa shape index (κ3) is 2.05. The van der Waals surface area contributed by atoms with Crippen molar-refractivity contribution < 1.29 is 14.7 Å². The Bertz CT molecular complexity index is 565. The topological polar surface area (TPSA) is 81.4 Å². The van der Waals surface area contributed by atoms with E-state index in [0.717, 1.165) is 4.90 Å². The predicted octanol–water partition coefficient (Wildman–Crippen LogP) is 1.74. The number of hydrogen-bond donors (Lipinski definition) is 1. The summed E-state index contributed by atoms with van der Waals surface area (Å²) in [4.78, 5) is 25.0. The highest BCUT2D eigenvalue weighted by atomic mass is 32.2. The lowest BCUT2D eigenvalue weighted by atomic mass is 10.1. The number of anilines is 1. The number of hydrogen-bond acceptors (Lipinski definition) is 4. The maximum Gasteiger partial charge on any atom is 0.335 e. The molecule has 1 aromatic rings. The molecule has 1 unspecified atom stereocenters. The van der Waals surface area contributed by atoms with Gasteiger partial charge in [-0.05, 0) is 25.1 Å². The Morgan fingerprint density at radius 2 is 2.33 bits per heavy atom. The molecule has 2 rings (SSSR count). The monoisotopic (exact) mass is 262 g/mol. The Labute approximate surface area is 108 Å². The van der Waals surface area contributed by atoms with Crippen LogP contribution in [0.25, 0.3) is 0 Å². The van der Waals surface area contributed by atoms with Crippen LogP contribution in [0, 0.1) is 11.3 Å². The molecule has 1 aliphatic heterocycles. The minimum Gasteiger partial charge on any atom is -0.478 e. The molecule has 1 aromatic carbocycles. The second-order valence-electron chi connectivity index (χ2n) is 3.83. The molecule has 1 atom stereocenters. The SMILES string of the molecule is CC1Sc2ccc(C(=O)O)cc2N(CC#N)C1=O. The van der Waals surface area contributed by atoms with Crippen molar-refractivity contribution in [2.24, 2.45) is 0 Å². The van der Waals surface area contributed by atoms with Gasteiger partial charge in [-0.1, -0.05) is 0 Å². The molecule has 0 radical (unpaired) electrons. The summed E-state index contributed by atoms with van der Waals surface area (Å²) in [5.74, 6) is -1.22. The summed E-state index contributed by atoms with van der Waals surface area (Å²) >= 11 is 1.38. The summed E-state index contributed by atoms with van der Waals surface area (Å²) in [5, 5.41) is 17.4. The second-order valence-corrected chi connectivity index (χ2v) is 5.21. The highest BCUT2D eigenvalue weighted by molar-refractivity contribution is 8.00. The van der Waals surface area contributed by atoms with E-state index in [1.165, 1.54) is 28.8 Å². The molecule has 0 saturated heterocycles. The smallest absolute Gasteiger partial charge is 0.335 e. The van der Waals surface area contributed by atoms with Crippen LogP contribution >= 0.6 is 11.8 Å². The Balaban J connectivity index is 2.52. The van der Waals surface area contributed by atoms with Gasteiger partial charge in [-0.25, -0.2) is 4.79 Å². The molecule has 0 aromatic heterocycles. The van der Waals surface area contributed by atoms with E-state index in [-0.39, 0.29) is 23.3 Å². The van der Waals surface area contributed by atoms with Gasteiger partial charge in [0.15, 0.2) is 0 Å². The predicted molar refractivity (Wildman–Crippen MR) is 66.7 cm³/mol. The fourth-order valence-electron chi connectivity index (χ4n) is 1.77. The molecule has 0 bridgehead atoms. The van der Waals surface area contributed by atoms with Crippen LogP contribution in [0.15, 0.2) is 23.1 Å². The largest absolute Gasteiger partial charge is 0.478 e. The summed E-state index contributed by atoms with van der Waals surface area (Å²) < 4.78 is 0. The number of fused-ring (bicyclic) bond motifs is 1. The normalized spacial score (nSPS) is 18.1. The molecule has 1 heterocycles. The van der Waals surface area contributed by atoms with Crippen molar-refractivity contribution in [1.82, 2.24) is 0 Å². The van der Waals surface area contributed by atoms with Gasteiger partial charge in [0.25, 0.3) is 0 Å². The lowest BCUT2D eigenvalue weighted by molar-refractivity contribution is -0.117. The van der Waals surface area contributed by atoms with Gasteiger partial charge in [0.2, 0.25) is 5.91 Å². The number of amides is 1. The van der Waals surface area contributed by atoms with Gasteiger partial charge >= 0.3 is 5.97 Å². The summed E-state index contributed by atoms with van der Waals surface area (Å²) in [6.07, 6.45) is 0. The first-order chi connectivity index (χ1) is 8.54. The van der Waals surface area contributed by atoms with E-state index < -0.39 is 5.97 Å². The molecule has 1 N–H and O–H groups in total. The fraction of sp³-hybridized carbons (Fsp3) is 0.250. The van der Waals surface area contributed by atoms with Gasteiger partial charge in [0, 0.05) is 4.90 Å². The second kappa shape index (κ2) is 4.70. The number of nitriles is 1. The van der Waals surface area contributed by atoms with E-state index in [1.54, 1.807) is 13.0 Å². The van der Waals surface area contributed by atoms with E-state index in [1.807, 2.05) is 6.07 Å².